The number of hydrogen-bond donors (Lipinski definition) is 2. The van der Waals surface area contributed by atoms with Crippen LogP contribution in [0.1, 0.15) is 35.5 Å². The van der Waals surface area contributed by atoms with Gasteiger partial charge in [0.15, 0.2) is 5.65 Å². The van der Waals surface area contributed by atoms with Gasteiger partial charge in [0, 0.05) is 48.6 Å². The Balaban J connectivity index is 1.51. The minimum atomic E-state index is -0.311. The number of pyridine rings is 1. The molecule has 1 saturated heterocycles. The highest BCUT2D eigenvalue weighted by Crippen LogP contribution is 2.30. The molecule has 1 amide bonds. The molecule has 0 bridgehead atoms. The number of nitrogens with zero attached hydrogens (tertiary/aromatic N) is 6. The number of nitrogens with one attached hydrogen (secondary N) is 2. The molecule has 166 valence electrons. The number of carbonyl (C=O) groups excluding carboxylic acids is 1. The summed E-state index contributed by atoms with van der Waals surface area (Å²) in [4.78, 5) is 19.9. The van der Waals surface area contributed by atoms with Gasteiger partial charge in [-0.25, -0.2) is 4.98 Å². The van der Waals surface area contributed by atoms with Crippen LogP contribution in [0.5, 0.6) is 0 Å². The molecule has 0 saturated carbocycles. The van der Waals surface area contributed by atoms with Crippen molar-refractivity contribution >= 4 is 33.8 Å². The predicted octanol–water partition coefficient (Wildman–Crippen LogP) is 2.90. The van der Waals surface area contributed by atoms with E-state index < -0.39 is 0 Å². The average Bonchev–Trinajstić information content (AvgIpc) is 3.17. The van der Waals surface area contributed by atoms with E-state index in [4.69, 9.17) is 0 Å². The van der Waals surface area contributed by atoms with E-state index >= 15 is 0 Å². The van der Waals surface area contributed by atoms with Crippen molar-refractivity contribution < 1.29 is 4.79 Å². The number of carbonyl (C=O) groups is 1. The van der Waals surface area contributed by atoms with E-state index in [1.807, 2.05) is 25.3 Å². The Morgan fingerprint density at radius 3 is 2.76 bits per heavy atom. The highest BCUT2D eigenvalue weighted by Gasteiger charge is 2.24. The van der Waals surface area contributed by atoms with Crippen LogP contribution in [0.2, 0.25) is 0 Å². The van der Waals surface area contributed by atoms with Crippen molar-refractivity contribution in [2.75, 3.05) is 23.3 Å². The summed E-state index contributed by atoms with van der Waals surface area (Å²) in [6.45, 7) is 7.93. The molecule has 1 aliphatic rings. The standard InChI is InChI=1S/C24H24N8O/c1-14-10-31(11-15(2)27-14)21-5-4-20(22-19(21)6-7-26-30-22)24(33)29-18-8-17(9-25)23-28-16(3)12-32(23)13-18/h4-8,12-15,27H,10-11H2,1-3H3,(H,29,33)/t14-,15-/m1/s1. The lowest BCUT2D eigenvalue weighted by atomic mass is 10.0. The zero-order valence-corrected chi connectivity index (χ0v) is 18.7. The van der Waals surface area contributed by atoms with Crippen LogP contribution in [0.15, 0.2) is 42.9 Å². The summed E-state index contributed by atoms with van der Waals surface area (Å²) in [6.07, 6.45) is 5.22. The van der Waals surface area contributed by atoms with Crippen molar-refractivity contribution in [3.8, 4) is 6.07 Å². The average molecular weight is 441 g/mol. The highest BCUT2D eigenvalue weighted by atomic mass is 16.1. The SMILES string of the molecule is Cc1cn2cc(NC(=O)c3ccc(N4C[C@@H](C)N[C@H](C)C4)c4ccnnc34)cc(C#N)c2n1. The fourth-order valence-corrected chi connectivity index (χ4v) is 4.62. The fourth-order valence-electron chi connectivity index (χ4n) is 4.62. The minimum Gasteiger partial charge on any atom is -0.368 e. The first-order valence-corrected chi connectivity index (χ1v) is 10.9. The predicted molar refractivity (Wildman–Crippen MR) is 126 cm³/mol. The second-order valence-electron chi connectivity index (χ2n) is 8.62. The maximum atomic E-state index is 13.3. The van der Waals surface area contributed by atoms with Crippen molar-refractivity contribution in [1.82, 2.24) is 24.9 Å². The van der Waals surface area contributed by atoms with E-state index in [1.165, 1.54) is 0 Å². The molecule has 9 heteroatoms. The Labute approximate surface area is 191 Å². The zero-order chi connectivity index (χ0) is 23.1. The van der Waals surface area contributed by atoms with Crippen molar-refractivity contribution in [3.63, 3.8) is 0 Å². The van der Waals surface area contributed by atoms with Crippen LogP contribution in [-0.4, -0.2) is 50.7 Å². The number of piperazine rings is 1. The molecule has 0 spiro atoms. The van der Waals surface area contributed by atoms with Gasteiger partial charge in [0.05, 0.1) is 28.7 Å². The van der Waals surface area contributed by atoms with Crippen molar-refractivity contribution in [1.29, 1.82) is 5.26 Å². The van der Waals surface area contributed by atoms with E-state index in [-0.39, 0.29) is 5.91 Å². The Hall–Kier alpha value is -4.03. The summed E-state index contributed by atoms with van der Waals surface area (Å²) < 4.78 is 1.75. The van der Waals surface area contributed by atoms with Crippen molar-refractivity contribution in [3.05, 3.63) is 59.7 Å². The van der Waals surface area contributed by atoms with Crippen LogP contribution in [-0.2, 0) is 0 Å². The molecule has 5 rings (SSSR count). The van der Waals surface area contributed by atoms with Gasteiger partial charge in [-0.1, -0.05) is 0 Å². The Morgan fingerprint density at radius 1 is 1.21 bits per heavy atom. The van der Waals surface area contributed by atoms with Gasteiger partial charge in [-0.2, -0.15) is 10.4 Å². The Morgan fingerprint density at radius 2 is 2.00 bits per heavy atom. The lowest BCUT2D eigenvalue weighted by Gasteiger charge is -2.38. The second-order valence-corrected chi connectivity index (χ2v) is 8.62. The topological polar surface area (TPSA) is 111 Å². The summed E-state index contributed by atoms with van der Waals surface area (Å²) >= 11 is 0. The summed E-state index contributed by atoms with van der Waals surface area (Å²) in [7, 11) is 0. The number of rotatable bonds is 3. The summed E-state index contributed by atoms with van der Waals surface area (Å²) in [6, 6.07) is 10.2. The molecule has 1 fully saturated rings. The first kappa shape index (κ1) is 20.8. The summed E-state index contributed by atoms with van der Waals surface area (Å²) in [5.41, 5.74) is 4.27. The highest BCUT2D eigenvalue weighted by molar-refractivity contribution is 6.13. The van der Waals surface area contributed by atoms with Gasteiger partial charge < -0.3 is 19.9 Å². The largest absolute Gasteiger partial charge is 0.368 e. The van der Waals surface area contributed by atoms with Gasteiger partial charge >= 0.3 is 0 Å². The van der Waals surface area contributed by atoms with Gasteiger partial charge in [0.1, 0.15) is 11.6 Å². The molecule has 2 atom stereocenters. The fraction of sp³-hybridized carbons (Fsp3) is 0.292. The normalized spacial score (nSPS) is 18.4. The number of fused-ring (bicyclic) bond motifs is 2. The third-order valence-electron chi connectivity index (χ3n) is 5.85. The van der Waals surface area contributed by atoms with E-state index in [0.717, 1.165) is 29.9 Å². The minimum absolute atomic E-state index is 0.311. The molecule has 4 aromatic rings. The molecule has 0 aliphatic carbocycles. The molecule has 9 nitrogen and oxygen atoms in total. The van der Waals surface area contributed by atoms with Crippen LogP contribution >= 0.6 is 0 Å². The third kappa shape index (κ3) is 3.85. The van der Waals surface area contributed by atoms with E-state index in [0.29, 0.717) is 40.1 Å². The number of nitriles is 1. The first-order valence-electron chi connectivity index (χ1n) is 10.9. The lowest BCUT2D eigenvalue weighted by Crippen LogP contribution is -2.54. The van der Waals surface area contributed by atoms with Crippen LogP contribution < -0.4 is 15.5 Å². The molecule has 2 N–H and O–H groups in total. The van der Waals surface area contributed by atoms with Gasteiger partial charge in [-0.3, -0.25) is 4.79 Å². The molecule has 4 heterocycles. The quantitative estimate of drug-likeness (QED) is 0.504. The van der Waals surface area contributed by atoms with Gasteiger partial charge in [0.25, 0.3) is 5.91 Å². The van der Waals surface area contributed by atoms with Gasteiger partial charge in [0.2, 0.25) is 0 Å². The second kappa shape index (κ2) is 8.15. The smallest absolute Gasteiger partial charge is 0.257 e. The van der Waals surface area contributed by atoms with Crippen LogP contribution in [0.3, 0.4) is 0 Å². The monoisotopic (exact) mass is 440 g/mol. The molecule has 3 aromatic heterocycles. The van der Waals surface area contributed by atoms with Crippen molar-refractivity contribution in [2.45, 2.75) is 32.9 Å². The molecule has 0 radical (unpaired) electrons. The Kier molecular flexibility index (Phi) is 5.15. The molecule has 1 aromatic carbocycles. The number of amides is 1. The van der Waals surface area contributed by atoms with Crippen LogP contribution in [0.25, 0.3) is 16.6 Å². The van der Waals surface area contributed by atoms with Gasteiger partial charge in [-0.15, -0.1) is 5.10 Å². The summed E-state index contributed by atoms with van der Waals surface area (Å²) in [5, 5.41) is 25.2. The van der Waals surface area contributed by atoms with E-state index in [9.17, 15) is 10.1 Å². The number of aryl methyl sites for hydroxylation is 1. The molecular weight excluding hydrogens is 416 g/mol. The number of hydrogen-bond acceptors (Lipinski definition) is 7. The van der Waals surface area contributed by atoms with E-state index in [1.54, 1.807) is 28.9 Å². The maximum absolute atomic E-state index is 13.3. The molecule has 33 heavy (non-hydrogen) atoms. The first-order chi connectivity index (χ1) is 15.9. The molecular formula is C24H24N8O. The third-order valence-corrected chi connectivity index (χ3v) is 5.85. The van der Waals surface area contributed by atoms with E-state index in [2.05, 4.69) is 50.6 Å². The van der Waals surface area contributed by atoms with Crippen LogP contribution in [0.4, 0.5) is 11.4 Å². The molecule has 0 unspecified atom stereocenters. The summed E-state index contributed by atoms with van der Waals surface area (Å²) in [5.74, 6) is -0.311. The number of aromatic nitrogens is 4. The Bertz CT molecular complexity index is 1410. The zero-order valence-electron chi connectivity index (χ0n) is 18.7. The number of anilines is 2. The maximum Gasteiger partial charge on any atom is 0.257 e. The van der Waals surface area contributed by atoms with Gasteiger partial charge in [-0.05, 0) is 45.0 Å². The number of benzene rings is 1. The number of imidazole rings is 1. The van der Waals surface area contributed by atoms with Crippen LogP contribution in [0, 0.1) is 18.3 Å². The lowest BCUT2D eigenvalue weighted by molar-refractivity contribution is 0.102. The molecule has 1 aliphatic heterocycles. The van der Waals surface area contributed by atoms with Crippen molar-refractivity contribution in [2.24, 2.45) is 0 Å².